The third-order valence-electron chi connectivity index (χ3n) is 6.16. The van der Waals surface area contributed by atoms with Gasteiger partial charge in [0.2, 0.25) is 0 Å². The fourth-order valence-electron chi connectivity index (χ4n) is 4.64. The summed E-state index contributed by atoms with van der Waals surface area (Å²) >= 11 is 0. The highest BCUT2D eigenvalue weighted by Crippen LogP contribution is 2.29. The number of para-hydroxylation sites is 2. The zero-order valence-corrected chi connectivity index (χ0v) is 17.0. The summed E-state index contributed by atoms with van der Waals surface area (Å²) in [6.45, 7) is 9.11. The molecule has 0 N–H and O–H groups in total. The van der Waals surface area contributed by atoms with Crippen molar-refractivity contribution in [2.45, 2.75) is 31.8 Å². The molecule has 3 heterocycles. The van der Waals surface area contributed by atoms with Gasteiger partial charge in [-0.25, -0.2) is 0 Å². The van der Waals surface area contributed by atoms with Gasteiger partial charge in [-0.3, -0.25) is 9.58 Å². The number of hydrogen-bond donors (Lipinski definition) is 0. The second-order valence-electron chi connectivity index (χ2n) is 7.91. The number of anilines is 1. The molecule has 0 bridgehead atoms. The van der Waals surface area contributed by atoms with E-state index >= 15 is 0 Å². The molecule has 0 radical (unpaired) electrons. The predicted octanol–water partition coefficient (Wildman–Crippen LogP) is 2.57. The fourth-order valence-corrected chi connectivity index (χ4v) is 4.64. The number of aryl methyl sites for hydroxylation is 1. The Morgan fingerprint density at radius 2 is 1.89 bits per heavy atom. The van der Waals surface area contributed by atoms with Gasteiger partial charge in [0, 0.05) is 57.7 Å². The first kappa shape index (κ1) is 19.3. The summed E-state index contributed by atoms with van der Waals surface area (Å²) in [6.07, 6.45) is 7.75. The van der Waals surface area contributed by atoms with E-state index in [1.54, 1.807) is 7.11 Å². The molecule has 1 aromatic heterocycles. The number of piperazine rings is 1. The van der Waals surface area contributed by atoms with Gasteiger partial charge in [-0.1, -0.05) is 12.1 Å². The summed E-state index contributed by atoms with van der Waals surface area (Å²) in [5.41, 5.74) is 1.23. The summed E-state index contributed by atoms with van der Waals surface area (Å²) in [6, 6.07) is 11.1. The van der Waals surface area contributed by atoms with Crippen LogP contribution in [0, 0.1) is 0 Å². The van der Waals surface area contributed by atoms with Crippen LogP contribution in [-0.2, 0) is 6.54 Å². The lowest BCUT2D eigenvalue weighted by molar-refractivity contribution is 0.0911. The van der Waals surface area contributed by atoms with E-state index in [-0.39, 0.29) is 0 Å². The second kappa shape index (κ2) is 9.43. The standard InChI is InChI=1S/C22H33N5O/c1-28-22-9-3-2-8-21(22)26-17-15-25(16-18-26)20-7-4-11-24(19-20)12-6-14-27-13-5-10-23-27/h2-3,5,8-10,13,20H,4,6-7,11-12,14-19H2,1H3/t20-/m0/s1. The minimum Gasteiger partial charge on any atom is -0.495 e. The third-order valence-corrected chi connectivity index (χ3v) is 6.16. The molecule has 0 spiro atoms. The molecular formula is C22H33N5O. The van der Waals surface area contributed by atoms with Crippen molar-refractivity contribution in [3.8, 4) is 5.75 Å². The maximum atomic E-state index is 5.55. The zero-order chi connectivity index (χ0) is 19.2. The van der Waals surface area contributed by atoms with E-state index in [9.17, 15) is 0 Å². The number of nitrogens with zero attached hydrogens (tertiary/aromatic N) is 5. The Morgan fingerprint density at radius 1 is 1.04 bits per heavy atom. The Kier molecular flexibility index (Phi) is 6.49. The topological polar surface area (TPSA) is 36.8 Å². The van der Waals surface area contributed by atoms with Crippen molar-refractivity contribution in [3.05, 3.63) is 42.7 Å². The van der Waals surface area contributed by atoms with E-state index < -0.39 is 0 Å². The van der Waals surface area contributed by atoms with E-state index in [0.717, 1.165) is 38.5 Å². The molecule has 0 amide bonds. The number of ether oxygens (including phenoxy) is 1. The largest absolute Gasteiger partial charge is 0.495 e. The van der Waals surface area contributed by atoms with Gasteiger partial charge >= 0.3 is 0 Å². The Bertz CT molecular complexity index is 711. The van der Waals surface area contributed by atoms with E-state index in [1.165, 1.54) is 44.6 Å². The normalized spacial score (nSPS) is 21.8. The Morgan fingerprint density at radius 3 is 2.68 bits per heavy atom. The molecule has 2 saturated heterocycles. The SMILES string of the molecule is COc1ccccc1N1CCN([C@H]2CCCN(CCCn3cccn3)C2)CC1. The number of likely N-dealkylation sites (tertiary alicyclic amines) is 1. The third kappa shape index (κ3) is 4.67. The smallest absolute Gasteiger partial charge is 0.142 e. The molecular weight excluding hydrogens is 350 g/mol. The predicted molar refractivity (Wildman–Crippen MR) is 113 cm³/mol. The molecule has 1 atom stereocenters. The molecule has 0 saturated carbocycles. The molecule has 2 aromatic rings. The average molecular weight is 384 g/mol. The summed E-state index contributed by atoms with van der Waals surface area (Å²) in [5, 5.41) is 4.31. The van der Waals surface area contributed by atoms with Crippen LogP contribution >= 0.6 is 0 Å². The first-order valence-electron chi connectivity index (χ1n) is 10.7. The first-order valence-corrected chi connectivity index (χ1v) is 10.7. The van der Waals surface area contributed by atoms with Crippen LogP contribution in [0.3, 0.4) is 0 Å². The van der Waals surface area contributed by atoms with Crippen molar-refractivity contribution in [2.24, 2.45) is 0 Å². The van der Waals surface area contributed by atoms with Crippen molar-refractivity contribution in [1.82, 2.24) is 19.6 Å². The summed E-state index contributed by atoms with van der Waals surface area (Å²) in [4.78, 5) is 7.84. The van der Waals surface area contributed by atoms with Crippen molar-refractivity contribution < 1.29 is 4.74 Å². The first-order chi connectivity index (χ1) is 13.8. The summed E-state index contributed by atoms with van der Waals surface area (Å²) in [7, 11) is 1.76. The van der Waals surface area contributed by atoms with Crippen LogP contribution in [0.15, 0.2) is 42.7 Å². The minimum absolute atomic E-state index is 0.707. The lowest BCUT2D eigenvalue weighted by Gasteiger charge is -2.44. The van der Waals surface area contributed by atoms with E-state index in [2.05, 4.69) is 44.2 Å². The molecule has 28 heavy (non-hydrogen) atoms. The van der Waals surface area contributed by atoms with Gasteiger partial charge in [0.25, 0.3) is 0 Å². The highest BCUT2D eigenvalue weighted by atomic mass is 16.5. The maximum absolute atomic E-state index is 5.55. The van der Waals surface area contributed by atoms with Gasteiger partial charge in [-0.2, -0.15) is 5.10 Å². The Labute approximate surface area is 168 Å². The molecule has 2 aliphatic rings. The van der Waals surface area contributed by atoms with Gasteiger partial charge in [0.05, 0.1) is 12.8 Å². The summed E-state index contributed by atoms with van der Waals surface area (Å²) in [5.74, 6) is 0.983. The zero-order valence-electron chi connectivity index (χ0n) is 17.0. The number of rotatable bonds is 7. The molecule has 4 rings (SSSR count). The minimum atomic E-state index is 0.707. The number of hydrogen-bond acceptors (Lipinski definition) is 5. The fraction of sp³-hybridized carbons (Fsp3) is 0.591. The monoisotopic (exact) mass is 383 g/mol. The summed E-state index contributed by atoms with van der Waals surface area (Å²) < 4.78 is 7.59. The average Bonchev–Trinajstić information content (AvgIpc) is 3.28. The van der Waals surface area contributed by atoms with E-state index in [4.69, 9.17) is 4.74 Å². The van der Waals surface area contributed by atoms with Gasteiger partial charge in [-0.05, 0) is 50.6 Å². The molecule has 2 aliphatic heterocycles. The van der Waals surface area contributed by atoms with Crippen LogP contribution in [0.25, 0.3) is 0 Å². The van der Waals surface area contributed by atoms with Crippen molar-refractivity contribution in [2.75, 3.05) is 57.8 Å². The van der Waals surface area contributed by atoms with Gasteiger partial charge < -0.3 is 14.5 Å². The highest BCUT2D eigenvalue weighted by molar-refractivity contribution is 5.58. The number of aromatic nitrogens is 2. The van der Waals surface area contributed by atoms with Crippen LogP contribution < -0.4 is 9.64 Å². The lowest BCUT2D eigenvalue weighted by atomic mass is 10.0. The Hall–Kier alpha value is -2.05. The van der Waals surface area contributed by atoms with E-state index in [0.29, 0.717) is 6.04 Å². The van der Waals surface area contributed by atoms with Crippen LogP contribution in [-0.4, -0.2) is 78.5 Å². The van der Waals surface area contributed by atoms with Crippen molar-refractivity contribution in [1.29, 1.82) is 0 Å². The molecule has 2 fully saturated rings. The van der Waals surface area contributed by atoms with Gasteiger partial charge in [0.1, 0.15) is 5.75 Å². The van der Waals surface area contributed by atoms with Crippen molar-refractivity contribution in [3.63, 3.8) is 0 Å². The molecule has 0 aliphatic carbocycles. The number of methoxy groups -OCH3 is 1. The number of benzene rings is 1. The molecule has 1 aromatic carbocycles. The molecule has 0 unspecified atom stereocenters. The lowest BCUT2D eigenvalue weighted by Crippen LogP contribution is -2.55. The van der Waals surface area contributed by atoms with Crippen LogP contribution in [0.4, 0.5) is 5.69 Å². The maximum Gasteiger partial charge on any atom is 0.142 e. The quantitative estimate of drug-likeness (QED) is 0.735. The second-order valence-corrected chi connectivity index (χ2v) is 7.91. The molecule has 6 nitrogen and oxygen atoms in total. The van der Waals surface area contributed by atoms with Gasteiger partial charge in [0.15, 0.2) is 0 Å². The van der Waals surface area contributed by atoms with Gasteiger partial charge in [-0.15, -0.1) is 0 Å². The molecule has 6 heteroatoms. The highest BCUT2D eigenvalue weighted by Gasteiger charge is 2.28. The Balaban J connectivity index is 1.25. The van der Waals surface area contributed by atoms with Crippen LogP contribution in [0.1, 0.15) is 19.3 Å². The van der Waals surface area contributed by atoms with E-state index in [1.807, 2.05) is 23.0 Å². The molecule has 152 valence electrons. The van der Waals surface area contributed by atoms with Crippen LogP contribution in [0.2, 0.25) is 0 Å². The van der Waals surface area contributed by atoms with Crippen LogP contribution in [0.5, 0.6) is 5.75 Å². The number of piperidine rings is 1. The van der Waals surface area contributed by atoms with Crippen molar-refractivity contribution >= 4 is 5.69 Å².